The molecule has 0 atom stereocenters. The zero-order chi connectivity index (χ0) is 78.7. The van der Waals surface area contributed by atoms with Gasteiger partial charge < -0.3 is 38.5 Å². The summed E-state index contributed by atoms with van der Waals surface area (Å²) in [6.07, 6.45) is 12.2. The Balaban J connectivity index is 0.745. The number of phenolic OH excluding ortho intramolecular Hbond substituents is 1. The number of aromatic amines is 3. The molecule has 16 rings (SSSR count). The van der Waals surface area contributed by atoms with Gasteiger partial charge in [-0.2, -0.15) is 17.6 Å². The van der Waals surface area contributed by atoms with Crippen molar-refractivity contribution in [2.24, 2.45) is 9.98 Å². The molecular weight excluding hydrogens is 1520 g/mol. The molecule has 0 aliphatic carbocycles. The molecule has 0 amide bonds. The number of aliphatic imine (C=N–C) groups is 2. The van der Waals surface area contributed by atoms with E-state index in [9.17, 15) is 22.4 Å². The summed E-state index contributed by atoms with van der Waals surface area (Å²) in [4.78, 5) is 21.0. The average molecular weight is 1560 g/mol. The Bertz CT molecular complexity index is 6410. The van der Waals surface area contributed by atoms with Crippen LogP contribution >= 0.6 is 0 Å². The number of rotatable bonds is 17. The third-order valence-electron chi connectivity index (χ3n) is 18.0. The van der Waals surface area contributed by atoms with Gasteiger partial charge in [0.1, 0.15) is 41.7 Å². The molecule has 0 fully saturated rings. The molecule has 13 aromatic rings. The Morgan fingerprint density at radius 1 is 0.402 bits per heavy atom. The first-order valence-electron chi connectivity index (χ1n) is 32.3. The van der Waals surface area contributed by atoms with E-state index in [1.54, 1.807) is 0 Å². The van der Waals surface area contributed by atoms with Crippen molar-refractivity contribution in [1.82, 2.24) is 58.9 Å². The molecule has 39 heteroatoms. The number of allylic oxidation sites excluding steroid dienone is 4. The molecule has 560 valence electrons. The number of hydrogen-bond acceptors (Lipinski definition) is 10. The van der Waals surface area contributed by atoms with Gasteiger partial charge in [-0.1, -0.05) is 22.6 Å². The van der Waals surface area contributed by atoms with Crippen LogP contribution in [0.1, 0.15) is 45.3 Å². The second-order valence-corrected chi connectivity index (χ2v) is 24.5. The maximum atomic E-state index is 17.1. The Hall–Kier alpha value is -13.9. The first-order valence-corrected chi connectivity index (χ1v) is 32.3. The summed E-state index contributed by atoms with van der Waals surface area (Å²) in [5.74, 6) is -38.3. The van der Waals surface area contributed by atoms with Crippen LogP contribution in [0.15, 0.2) is 155 Å². The van der Waals surface area contributed by atoms with Crippen molar-refractivity contribution in [1.29, 1.82) is 0 Å². The topological polar surface area (TPSA) is 195 Å². The van der Waals surface area contributed by atoms with Crippen molar-refractivity contribution in [2.75, 3.05) is 0 Å². The van der Waals surface area contributed by atoms with Crippen LogP contribution in [0, 0.1) is 93.1 Å². The van der Waals surface area contributed by atoms with E-state index in [4.69, 9.17) is 9.47 Å². The summed E-state index contributed by atoms with van der Waals surface area (Å²) in [5, 5.41) is 24.7. The monoisotopic (exact) mass is 1560 g/mol. The normalized spacial score (nSPS) is 13.7. The molecule has 3 aliphatic heterocycles. The predicted octanol–water partition coefficient (Wildman–Crippen LogP) is 17.9. The average Bonchev–Trinajstić information content (AvgIpc) is 1.41. The number of fused-ring (bicyclic) bond motifs is 9. The summed E-state index contributed by atoms with van der Waals surface area (Å²) in [6, 6.07) is 16.7. The SMILES string of the molecule is Oc1cccc(-c2c3nc(c(-c4c(F)c(F)c(OCc5cn(-c6c(F)c(F)c(/C(=C7/C=CC=N7)c7cccn7B(F)F)c(F)c6F)nn5)c(F)c4F)c4ccc([nH]4)c4ccc([nH]4)c(-c4c(F)c(F)c(OCc5cn(-c6c(F)c(F)c(/C(=C7/C=CC=N7)c7cccn7B(F)F)c(F)c6F)nn5)c(F)c4F)c4ccc2[nH]4)C=C3)c1. The largest absolute Gasteiger partial charge is 0.677 e. The van der Waals surface area contributed by atoms with Crippen molar-refractivity contribution >= 4 is 83.6 Å². The molecule has 0 saturated heterocycles. The van der Waals surface area contributed by atoms with Crippen LogP contribution in [0.5, 0.6) is 17.2 Å². The molecule has 11 heterocycles. The standard InChI is InChI=1S/C73H34B2F20N14O3/c76-54-52(48(35-8-2-20-96-35)43-10-4-22-106(43)74(92)93)55(77)63(85)70(62(54)84)108-25-30(102-104-108)27-111-72-66(88)58(80)50(59(81)67(72)89)46-39-14-12-33(98-39)34-13-15-40(99-34)47(42-19-17-38(101-42)45(37-16-18-41(46)100-37)29-6-1-7-32(110)24-29)51-60(82)68(90)73(69(91)61(51)83)112-28-31-26-109(105-103-31)71-64(86)56(78)53(57(79)65(71)87)49(36-9-3-21-97-36)44-11-5-23-107(44)75(94)95/h1-26,98-100,110H,27-28H2/b34-33?,45-37?,45-38?,46-39?,46-41?,47-40?,47-42?,48-35-,49-36-. The molecule has 0 unspecified atom stereocenters. The third-order valence-corrected chi connectivity index (χ3v) is 18.0. The predicted molar refractivity (Wildman–Crippen MR) is 367 cm³/mol. The molecule has 112 heavy (non-hydrogen) atoms. The molecule has 8 aromatic heterocycles. The zero-order valence-corrected chi connectivity index (χ0v) is 55.3. The highest BCUT2D eigenvalue weighted by Crippen LogP contribution is 2.46. The van der Waals surface area contributed by atoms with E-state index in [0.717, 1.165) is 73.4 Å². The summed E-state index contributed by atoms with van der Waals surface area (Å²) in [5.41, 5.74) is -16.8. The van der Waals surface area contributed by atoms with Crippen molar-refractivity contribution in [3.05, 3.63) is 284 Å². The number of nitrogens with one attached hydrogen (secondary N) is 3. The number of phenols is 1. The van der Waals surface area contributed by atoms with Gasteiger partial charge in [0.25, 0.3) is 0 Å². The van der Waals surface area contributed by atoms with E-state index in [1.165, 1.54) is 72.8 Å². The summed E-state index contributed by atoms with van der Waals surface area (Å²) in [7, 11) is -6.61. The molecule has 0 saturated carbocycles. The highest BCUT2D eigenvalue weighted by atomic mass is 19.2. The quantitative estimate of drug-likeness (QED) is 0.0393. The van der Waals surface area contributed by atoms with Crippen LogP contribution in [-0.2, 0) is 13.2 Å². The van der Waals surface area contributed by atoms with Crippen LogP contribution < -0.4 is 9.47 Å². The Labute approximate surface area is 611 Å². The lowest BCUT2D eigenvalue weighted by molar-refractivity contribution is 0.258. The van der Waals surface area contributed by atoms with Crippen LogP contribution in [0.3, 0.4) is 0 Å². The van der Waals surface area contributed by atoms with E-state index in [2.05, 4.69) is 50.5 Å². The van der Waals surface area contributed by atoms with Crippen LogP contribution in [0.25, 0.3) is 101 Å². The lowest BCUT2D eigenvalue weighted by atomic mass is 9.96. The molecule has 0 spiro atoms. The van der Waals surface area contributed by atoms with E-state index < -0.39 is 217 Å². The Kier molecular flexibility index (Phi) is 18.0. The van der Waals surface area contributed by atoms with E-state index >= 15 is 70.2 Å². The number of nitrogens with zero attached hydrogens (tertiary/aromatic N) is 11. The van der Waals surface area contributed by atoms with Crippen molar-refractivity contribution < 1.29 is 102 Å². The van der Waals surface area contributed by atoms with Gasteiger partial charge in [-0.15, -0.1) is 10.2 Å². The van der Waals surface area contributed by atoms with E-state index in [1.807, 2.05) is 0 Å². The molecule has 4 N–H and O–H groups in total. The zero-order valence-electron chi connectivity index (χ0n) is 55.3. The first-order chi connectivity index (χ1) is 53.8. The van der Waals surface area contributed by atoms with Gasteiger partial charge in [0, 0.05) is 73.7 Å². The number of ether oxygens (including phenoxy) is 2. The van der Waals surface area contributed by atoms with Gasteiger partial charge in [0.15, 0.2) is 81.3 Å². The number of aromatic nitrogens is 12. The van der Waals surface area contributed by atoms with E-state index in [0.29, 0.717) is 12.4 Å². The summed E-state index contributed by atoms with van der Waals surface area (Å²) in [6.45, 7) is -2.46. The molecular formula is C73H34B2F20N14O3. The minimum Gasteiger partial charge on any atom is -0.508 e. The van der Waals surface area contributed by atoms with Gasteiger partial charge >= 0.3 is 14.8 Å². The summed E-state index contributed by atoms with van der Waals surface area (Å²) >= 11 is 0. The van der Waals surface area contributed by atoms with Gasteiger partial charge in [-0.3, -0.25) is 27.2 Å². The second-order valence-electron chi connectivity index (χ2n) is 24.5. The first kappa shape index (κ1) is 72.3. The van der Waals surface area contributed by atoms with Gasteiger partial charge in [-0.25, -0.2) is 67.0 Å². The smallest absolute Gasteiger partial charge is 0.508 e. The van der Waals surface area contributed by atoms with Crippen LogP contribution in [0.4, 0.5) is 87.5 Å². The lowest BCUT2D eigenvalue weighted by Gasteiger charge is -2.17. The number of benzene rings is 5. The Morgan fingerprint density at radius 2 is 0.786 bits per heavy atom. The molecule has 0 radical (unpaired) electrons. The van der Waals surface area contributed by atoms with E-state index in [-0.39, 0.29) is 85.4 Å². The minimum atomic E-state index is -3.30. The summed E-state index contributed by atoms with van der Waals surface area (Å²) < 4.78 is 332. The van der Waals surface area contributed by atoms with Crippen molar-refractivity contribution in [3.63, 3.8) is 0 Å². The van der Waals surface area contributed by atoms with Crippen molar-refractivity contribution in [2.45, 2.75) is 13.2 Å². The molecule has 3 aliphatic rings. The number of aromatic hydroxyl groups is 1. The minimum absolute atomic E-state index is 0.0371. The fraction of sp³-hybridized carbons (Fsp3) is 0.0274. The van der Waals surface area contributed by atoms with Crippen LogP contribution in [-0.4, -0.2) is 91.2 Å². The number of hydrogen-bond donors (Lipinski definition) is 4. The highest BCUT2D eigenvalue weighted by molar-refractivity contribution is 6.41. The fourth-order valence-electron chi connectivity index (χ4n) is 13.1. The molecule has 17 nitrogen and oxygen atoms in total. The third kappa shape index (κ3) is 11.9. The molecule has 8 bridgehead atoms. The lowest BCUT2D eigenvalue weighted by Crippen LogP contribution is -2.17. The van der Waals surface area contributed by atoms with Gasteiger partial charge in [-0.05, 0) is 127 Å². The molecule has 5 aromatic carbocycles. The maximum absolute atomic E-state index is 17.1. The maximum Gasteiger partial charge on any atom is 0.677 e. The second kappa shape index (κ2) is 28.0. The van der Waals surface area contributed by atoms with Crippen molar-refractivity contribution in [3.8, 4) is 62.0 Å². The number of halogens is 20. The number of H-pyrrole nitrogens is 3. The Morgan fingerprint density at radius 3 is 1.19 bits per heavy atom. The van der Waals surface area contributed by atoms with Gasteiger partial charge in [0.2, 0.25) is 23.3 Å². The van der Waals surface area contributed by atoms with Gasteiger partial charge in [0.05, 0.1) is 68.5 Å². The fourth-order valence-corrected chi connectivity index (χ4v) is 13.1. The van der Waals surface area contributed by atoms with Crippen LogP contribution in [0.2, 0.25) is 0 Å². The highest BCUT2D eigenvalue weighted by Gasteiger charge is 2.38.